The van der Waals surface area contributed by atoms with E-state index in [0.717, 1.165) is 21.5 Å². The van der Waals surface area contributed by atoms with Crippen molar-refractivity contribution in [3.63, 3.8) is 0 Å². The Hall–Kier alpha value is -1.52. The quantitative estimate of drug-likeness (QED) is 0.885. The summed E-state index contributed by atoms with van der Waals surface area (Å²) in [4.78, 5) is 0. The smallest absolute Gasteiger partial charge is 0.133 e. The monoisotopic (exact) mass is 320 g/mol. The van der Waals surface area contributed by atoms with E-state index in [0.29, 0.717) is 6.54 Å². The predicted molar refractivity (Wildman–Crippen MR) is 82.6 cm³/mol. The average molecular weight is 321 g/mol. The molecule has 0 saturated carbocycles. The Morgan fingerprint density at radius 2 is 1.95 bits per heavy atom. The standard InChI is InChI=1S/C15H17BrN2O/c1-19-15-8-7-11(9-13(15)16)14(10-17)18-12-5-3-2-4-6-12/h2-9,14,18H,10,17H2,1H3. The first-order chi connectivity index (χ1) is 9.24. The SMILES string of the molecule is COc1ccc(C(CN)Nc2ccccc2)cc1Br. The molecule has 3 nitrogen and oxygen atoms in total. The van der Waals surface area contributed by atoms with Crippen LogP contribution < -0.4 is 15.8 Å². The first-order valence-corrected chi connectivity index (χ1v) is 6.89. The van der Waals surface area contributed by atoms with E-state index in [9.17, 15) is 0 Å². The van der Waals surface area contributed by atoms with Crippen molar-refractivity contribution in [3.8, 4) is 5.75 Å². The molecule has 3 N–H and O–H groups in total. The van der Waals surface area contributed by atoms with Crippen LogP contribution in [0.4, 0.5) is 5.69 Å². The molecule has 0 aromatic heterocycles. The Morgan fingerprint density at radius 3 is 2.53 bits per heavy atom. The van der Waals surface area contributed by atoms with Crippen molar-refractivity contribution in [1.29, 1.82) is 0 Å². The molecule has 0 radical (unpaired) electrons. The van der Waals surface area contributed by atoms with Crippen molar-refractivity contribution < 1.29 is 4.74 Å². The van der Waals surface area contributed by atoms with Crippen molar-refractivity contribution in [2.45, 2.75) is 6.04 Å². The third-order valence-corrected chi connectivity index (χ3v) is 3.55. The highest BCUT2D eigenvalue weighted by atomic mass is 79.9. The van der Waals surface area contributed by atoms with Gasteiger partial charge in [0.05, 0.1) is 17.6 Å². The van der Waals surface area contributed by atoms with Crippen LogP contribution in [-0.4, -0.2) is 13.7 Å². The number of hydrogen-bond acceptors (Lipinski definition) is 3. The van der Waals surface area contributed by atoms with Crippen LogP contribution in [0.2, 0.25) is 0 Å². The highest BCUT2D eigenvalue weighted by molar-refractivity contribution is 9.10. The van der Waals surface area contributed by atoms with E-state index in [4.69, 9.17) is 10.5 Å². The van der Waals surface area contributed by atoms with Gasteiger partial charge in [0.15, 0.2) is 0 Å². The lowest BCUT2D eigenvalue weighted by Gasteiger charge is -2.19. The summed E-state index contributed by atoms with van der Waals surface area (Å²) in [6.45, 7) is 0.521. The van der Waals surface area contributed by atoms with Gasteiger partial charge in [0.25, 0.3) is 0 Å². The largest absolute Gasteiger partial charge is 0.496 e. The summed E-state index contributed by atoms with van der Waals surface area (Å²) in [7, 11) is 1.66. The third kappa shape index (κ3) is 3.49. The normalized spacial score (nSPS) is 11.9. The highest BCUT2D eigenvalue weighted by Gasteiger charge is 2.11. The number of hydrogen-bond donors (Lipinski definition) is 2. The molecule has 0 amide bonds. The lowest BCUT2D eigenvalue weighted by Crippen LogP contribution is -2.20. The Balaban J connectivity index is 2.20. The Morgan fingerprint density at radius 1 is 1.21 bits per heavy atom. The van der Waals surface area contributed by atoms with Crippen LogP contribution >= 0.6 is 15.9 Å². The Labute approximate surface area is 121 Å². The number of ether oxygens (including phenoxy) is 1. The minimum absolute atomic E-state index is 0.0737. The molecule has 0 aliphatic rings. The second kappa shape index (κ2) is 6.59. The van der Waals surface area contributed by atoms with Crippen LogP contribution in [0.15, 0.2) is 53.0 Å². The molecule has 4 heteroatoms. The molecule has 2 aromatic rings. The molecule has 1 atom stereocenters. The fourth-order valence-corrected chi connectivity index (χ4v) is 2.47. The zero-order valence-electron chi connectivity index (χ0n) is 10.8. The van der Waals surface area contributed by atoms with Gasteiger partial charge < -0.3 is 15.8 Å². The van der Waals surface area contributed by atoms with Crippen molar-refractivity contribution in [2.24, 2.45) is 5.73 Å². The van der Waals surface area contributed by atoms with Crippen molar-refractivity contribution >= 4 is 21.6 Å². The van der Waals surface area contributed by atoms with Gasteiger partial charge in [-0.3, -0.25) is 0 Å². The molecule has 0 fully saturated rings. The third-order valence-electron chi connectivity index (χ3n) is 2.93. The minimum Gasteiger partial charge on any atom is -0.496 e. The van der Waals surface area contributed by atoms with E-state index in [1.54, 1.807) is 7.11 Å². The maximum absolute atomic E-state index is 5.86. The second-order valence-electron chi connectivity index (χ2n) is 4.19. The maximum Gasteiger partial charge on any atom is 0.133 e. The molecule has 0 bridgehead atoms. The summed E-state index contributed by atoms with van der Waals surface area (Å²) in [5.74, 6) is 0.819. The zero-order chi connectivity index (χ0) is 13.7. The van der Waals surface area contributed by atoms with E-state index in [1.165, 1.54) is 0 Å². The molecule has 0 aliphatic heterocycles. The van der Waals surface area contributed by atoms with Gasteiger partial charge in [-0.1, -0.05) is 24.3 Å². The Bertz CT molecular complexity index is 531. The number of anilines is 1. The average Bonchev–Trinajstić information content (AvgIpc) is 2.46. The molecule has 2 aromatic carbocycles. The van der Waals surface area contributed by atoms with E-state index in [-0.39, 0.29) is 6.04 Å². The molecular weight excluding hydrogens is 304 g/mol. The summed E-state index contributed by atoms with van der Waals surface area (Å²) in [5.41, 5.74) is 8.05. The van der Waals surface area contributed by atoms with E-state index in [1.807, 2.05) is 48.5 Å². The van der Waals surface area contributed by atoms with Gasteiger partial charge in [-0.25, -0.2) is 0 Å². The summed E-state index contributed by atoms with van der Waals surface area (Å²) in [6.07, 6.45) is 0. The van der Waals surface area contributed by atoms with Gasteiger partial charge in [-0.15, -0.1) is 0 Å². The molecule has 0 spiro atoms. The second-order valence-corrected chi connectivity index (χ2v) is 5.05. The fourth-order valence-electron chi connectivity index (χ4n) is 1.91. The maximum atomic E-state index is 5.86. The van der Waals surface area contributed by atoms with E-state index in [2.05, 4.69) is 21.2 Å². The van der Waals surface area contributed by atoms with Crippen molar-refractivity contribution in [3.05, 3.63) is 58.6 Å². The Kier molecular flexibility index (Phi) is 4.82. The van der Waals surface area contributed by atoms with Gasteiger partial charge in [0, 0.05) is 12.2 Å². The molecule has 19 heavy (non-hydrogen) atoms. The fraction of sp³-hybridized carbons (Fsp3) is 0.200. The van der Waals surface area contributed by atoms with Crippen LogP contribution in [0, 0.1) is 0 Å². The van der Waals surface area contributed by atoms with Crippen LogP contribution in [0.25, 0.3) is 0 Å². The molecule has 1 unspecified atom stereocenters. The summed E-state index contributed by atoms with van der Waals surface area (Å²) in [5, 5.41) is 3.42. The molecule has 0 saturated heterocycles. The van der Waals surface area contributed by atoms with Crippen LogP contribution in [0.3, 0.4) is 0 Å². The van der Waals surface area contributed by atoms with Crippen LogP contribution in [-0.2, 0) is 0 Å². The molecular formula is C15H17BrN2O. The van der Waals surface area contributed by atoms with Gasteiger partial charge in [-0.05, 0) is 45.8 Å². The van der Waals surface area contributed by atoms with Crippen LogP contribution in [0.5, 0.6) is 5.75 Å². The summed E-state index contributed by atoms with van der Waals surface area (Å²) < 4.78 is 6.16. The lowest BCUT2D eigenvalue weighted by molar-refractivity contribution is 0.412. The molecule has 2 rings (SSSR count). The lowest BCUT2D eigenvalue weighted by atomic mass is 10.1. The number of benzene rings is 2. The molecule has 100 valence electrons. The molecule has 0 aliphatic carbocycles. The number of para-hydroxylation sites is 1. The highest BCUT2D eigenvalue weighted by Crippen LogP contribution is 2.29. The number of nitrogens with one attached hydrogen (secondary N) is 1. The van der Waals surface area contributed by atoms with Crippen LogP contribution in [0.1, 0.15) is 11.6 Å². The van der Waals surface area contributed by atoms with Gasteiger partial charge in [0.2, 0.25) is 0 Å². The number of halogens is 1. The summed E-state index contributed by atoms with van der Waals surface area (Å²) >= 11 is 3.50. The first kappa shape index (κ1) is 13.9. The van der Waals surface area contributed by atoms with Crippen molar-refractivity contribution in [1.82, 2.24) is 0 Å². The van der Waals surface area contributed by atoms with Gasteiger partial charge in [0.1, 0.15) is 5.75 Å². The van der Waals surface area contributed by atoms with E-state index >= 15 is 0 Å². The number of rotatable bonds is 5. The number of methoxy groups -OCH3 is 1. The van der Waals surface area contributed by atoms with Crippen molar-refractivity contribution in [2.75, 3.05) is 19.0 Å². The number of nitrogens with two attached hydrogens (primary N) is 1. The molecule has 0 heterocycles. The van der Waals surface area contributed by atoms with Gasteiger partial charge in [-0.2, -0.15) is 0 Å². The van der Waals surface area contributed by atoms with Gasteiger partial charge >= 0.3 is 0 Å². The van der Waals surface area contributed by atoms with E-state index < -0.39 is 0 Å². The predicted octanol–water partition coefficient (Wildman–Crippen LogP) is 3.57. The zero-order valence-corrected chi connectivity index (χ0v) is 12.4. The topological polar surface area (TPSA) is 47.3 Å². The minimum atomic E-state index is 0.0737. The summed E-state index contributed by atoms with van der Waals surface area (Å²) in [6, 6.07) is 16.1. The first-order valence-electron chi connectivity index (χ1n) is 6.09.